The summed E-state index contributed by atoms with van der Waals surface area (Å²) in [6.45, 7) is 0.751. The second kappa shape index (κ2) is 6.71. The van der Waals surface area contributed by atoms with E-state index in [4.69, 9.17) is 0 Å². The summed E-state index contributed by atoms with van der Waals surface area (Å²) in [7, 11) is -3.60. The lowest BCUT2D eigenvalue weighted by molar-refractivity contribution is 0.390. The van der Waals surface area contributed by atoms with Crippen molar-refractivity contribution < 1.29 is 12.8 Å². The van der Waals surface area contributed by atoms with E-state index < -0.39 is 10.0 Å². The number of rotatable bonds is 6. The number of benzene rings is 2. The first-order chi connectivity index (χ1) is 11.0. The van der Waals surface area contributed by atoms with Crippen LogP contribution in [0.2, 0.25) is 0 Å². The third-order valence-electron chi connectivity index (χ3n) is 3.89. The first-order valence-electron chi connectivity index (χ1n) is 7.46. The Morgan fingerprint density at radius 1 is 1.09 bits per heavy atom. The standard InChI is InChI=1S/C17H17BrFNO2S/c18-16-3-1-2-4-17(16)23(21,22)20(11-13-5-6-13)12-14-7-9-15(19)10-8-14/h1-4,7-10,13H,5-6,11-12H2. The van der Waals surface area contributed by atoms with E-state index in [2.05, 4.69) is 15.9 Å². The molecule has 0 amide bonds. The Morgan fingerprint density at radius 2 is 1.74 bits per heavy atom. The van der Waals surface area contributed by atoms with Crippen LogP contribution in [0.4, 0.5) is 4.39 Å². The van der Waals surface area contributed by atoms with Gasteiger partial charge in [0.05, 0.1) is 4.90 Å². The minimum absolute atomic E-state index is 0.250. The molecule has 0 unspecified atom stereocenters. The van der Waals surface area contributed by atoms with Crippen LogP contribution in [0, 0.1) is 11.7 Å². The predicted molar refractivity (Wildman–Crippen MR) is 90.9 cm³/mol. The third kappa shape index (κ3) is 4.00. The number of hydrogen-bond donors (Lipinski definition) is 0. The lowest BCUT2D eigenvalue weighted by atomic mass is 10.2. The Morgan fingerprint density at radius 3 is 2.35 bits per heavy atom. The zero-order chi connectivity index (χ0) is 16.4. The van der Waals surface area contributed by atoms with Gasteiger partial charge in [-0.3, -0.25) is 0 Å². The maximum Gasteiger partial charge on any atom is 0.244 e. The Hall–Kier alpha value is -1.24. The molecule has 1 saturated carbocycles. The van der Waals surface area contributed by atoms with Gasteiger partial charge in [0, 0.05) is 17.6 Å². The average molecular weight is 398 g/mol. The van der Waals surface area contributed by atoms with Crippen LogP contribution in [0.5, 0.6) is 0 Å². The van der Waals surface area contributed by atoms with Crippen LogP contribution in [0.15, 0.2) is 57.9 Å². The summed E-state index contributed by atoms with van der Waals surface area (Å²) in [5.74, 6) is 0.101. The monoisotopic (exact) mass is 397 g/mol. The summed E-state index contributed by atoms with van der Waals surface area (Å²) in [4.78, 5) is 0.266. The van der Waals surface area contributed by atoms with E-state index in [0.717, 1.165) is 18.4 Å². The smallest absolute Gasteiger partial charge is 0.207 e. The fourth-order valence-electron chi connectivity index (χ4n) is 2.42. The van der Waals surface area contributed by atoms with Crippen molar-refractivity contribution in [3.05, 3.63) is 64.4 Å². The molecular formula is C17H17BrFNO2S. The summed E-state index contributed by atoms with van der Waals surface area (Å²) in [5, 5.41) is 0. The van der Waals surface area contributed by atoms with Crippen molar-refractivity contribution >= 4 is 26.0 Å². The van der Waals surface area contributed by atoms with Gasteiger partial charge >= 0.3 is 0 Å². The van der Waals surface area contributed by atoms with E-state index in [-0.39, 0.29) is 17.3 Å². The minimum Gasteiger partial charge on any atom is -0.207 e. The van der Waals surface area contributed by atoms with Gasteiger partial charge in [-0.1, -0.05) is 24.3 Å². The molecule has 1 aliphatic rings. The fraction of sp³-hybridized carbons (Fsp3) is 0.294. The van der Waals surface area contributed by atoms with Crippen molar-refractivity contribution in [2.45, 2.75) is 24.3 Å². The van der Waals surface area contributed by atoms with Crippen LogP contribution in [0.3, 0.4) is 0 Å². The van der Waals surface area contributed by atoms with Gasteiger partial charge in [-0.05, 0) is 64.5 Å². The minimum atomic E-state index is -3.60. The van der Waals surface area contributed by atoms with Gasteiger partial charge in [-0.2, -0.15) is 4.31 Å². The Kier molecular flexibility index (Phi) is 4.85. The molecule has 0 aromatic heterocycles. The molecular weight excluding hydrogens is 381 g/mol. The molecule has 0 aliphatic heterocycles. The molecule has 0 atom stereocenters. The van der Waals surface area contributed by atoms with Crippen molar-refractivity contribution in [1.82, 2.24) is 4.31 Å². The maximum atomic E-state index is 13.1. The van der Waals surface area contributed by atoms with Crippen molar-refractivity contribution in [3.63, 3.8) is 0 Å². The highest BCUT2D eigenvalue weighted by atomic mass is 79.9. The highest BCUT2D eigenvalue weighted by Gasteiger charge is 2.32. The number of halogens is 2. The fourth-order valence-corrected chi connectivity index (χ4v) is 4.89. The molecule has 0 heterocycles. The van der Waals surface area contributed by atoms with Gasteiger partial charge in [0.2, 0.25) is 10.0 Å². The van der Waals surface area contributed by atoms with E-state index in [0.29, 0.717) is 16.9 Å². The normalized spacial score (nSPS) is 15.1. The largest absolute Gasteiger partial charge is 0.244 e. The molecule has 6 heteroatoms. The van der Waals surface area contributed by atoms with Gasteiger partial charge in [0.1, 0.15) is 5.82 Å². The van der Waals surface area contributed by atoms with E-state index >= 15 is 0 Å². The lowest BCUT2D eigenvalue weighted by Gasteiger charge is -2.23. The molecule has 0 N–H and O–H groups in total. The van der Waals surface area contributed by atoms with Crippen molar-refractivity contribution in [2.24, 2.45) is 5.92 Å². The molecule has 2 aromatic carbocycles. The average Bonchev–Trinajstić information content (AvgIpc) is 3.33. The zero-order valence-corrected chi connectivity index (χ0v) is 14.9. The van der Waals surface area contributed by atoms with Crippen LogP contribution in [-0.4, -0.2) is 19.3 Å². The summed E-state index contributed by atoms with van der Waals surface area (Å²) in [6.07, 6.45) is 2.12. The van der Waals surface area contributed by atoms with E-state index in [9.17, 15) is 12.8 Å². The summed E-state index contributed by atoms with van der Waals surface area (Å²) < 4.78 is 41.1. The summed E-state index contributed by atoms with van der Waals surface area (Å²) in [5.41, 5.74) is 0.780. The summed E-state index contributed by atoms with van der Waals surface area (Å²) in [6, 6.07) is 12.8. The molecule has 0 radical (unpaired) electrons. The van der Waals surface area contributed by atoms with Crippen LogP contribution >= 0.6 is 15.9 Å². The molecule has 0 spiro atoms. The van der Waals surface area contributed by atoms with Crippen LogP contribution in [-0.2, 0) is 16.6 Å². The quantitative estimate of drug-likeness (QED) is 0.732. The SMILES string of the molecule is O=S(=O)(c1ccccc1Br)N(Cc1ccc(F)cc1)CC1CC1. The first kappa shape index (κ1) is 16.6. The topological polar surface area (TPSA) is 37.4 Å². The van der Waals surface area contributed by atoms with Gasteiger partial charge < -0.3 is 0 Å². The van der Waals surface area contributed by atoms with E-state index in [1.54, 1.807) is 36.4 Å². The van der Waals surface area contributed by atoms with E-state index in [1.165, 1.54) is 16.4 Å². The van der Waals surface area contributed by atoms with Crippen LogP contribution in [0.1, 0.15) is 18.4 Å². The first-order valence-corrected chi connectivity index (χ1v) is 9.69. The lowest BCUT2D eigenvalue weighted by Crippen LogP contribution is -2.32. The highest BCUT2D eigenvalue weighted by Crippen LogP contribution is 2.33. The second-order valence-electron chi connectivity index (χ2n) is 5.80. The molecule has 122 valence electrons. The van der Waals surface area contributed by atoms with E-state index in [1.807, 2.05) is 0 Å². The molecule has 23 heavy (non-hydrogen) atoms. The molecule has 1 aliphatic carbocycles. The van der Waals surface area contributed by atoms with Crippen molar-refractivity contribution in [3.8, 4) is 0 Å². The predicted octanol–water partition coefficient (Wildman–Crippen LogP) is 4.19. The zero-order valence-electron chi connectivity index (χ0n) is 12.5. The summed E-state index contributed by atoms with van der Waals surface area (Å²) >= 11 is 3.32. The van der Waals surface area contributed by atoms with Gasteiger partial charge in [-0.25, -0.2) is 12.8 Å². The Bertz CT molecular complexity index is 788. The molecule has 1 fully saturated rings. The van der Waals surface area contributed by atoms with Gasteiger partial charge in [0.25, 0.3) is 0 Å². The number of hydrogen-bond acceptors (Lipinski definition) is 2. The highest BCUT2D eigenvalue weighted by molar-refractivity contribution is 9.10. The molecule has 3 nitrogen and oxygen atoms in total. The molecule has 2 aromatic rings. The van der Waals surface area contributed by atoms with Gasteiger partial charge in [-0.15, -0.1) is 0 Å². The van der Waals surface area contributed by atoms with Crippen molar-refractivity contribution in [2.75, 3.05) is 6.54 Å². The van der Waals surface area contributed by atoms with Crippen LogP contribution < -0.4 is 0 Å². The van der Waals surface area contributed by atoms with Crippen LogP contribution in [0.25, 0.3) is 0 Å². The molecule has 3 rings (SSSR count). The molecule has 0 saturated heterocycles. The Balaban J connectivity index is 1.91. The maximum absolute atomic E-state index is 13.1. The van der Waals surface area contributed by atoms with Gasteiger partial charge in [0.15, 0.2) is 0 Å². The Labute approximate surface area is 144 Å². The second-order valence-corrected chi connectivity index (χ2v) is 8.56. The molecule has 0 bridgehead atoms. The number of nitrogens with zero attached hydrogens (tertiary/aromatic N) is 1. The number of sulfonamides is 1. The van der Waals surface area contributed by atoms with Crippen molar-refractivity contribution in [1.29, 1.82) is 0 Å². The third-order valence-corrected chi connectivity index (χ3v) is 6.71.